The maximum absolute atomic E-state index is 12.3. The van der Waals surface area contributed by atoms with Crippen molar-refractivity contribution in [3.05, 3.63) is 0 Å². The first-order valence-electron chi connectivity index (χ1n) is 16.8. The van der Waals surface area contributed by atoms with Gasteiger partial charge in [-0.3, -0.25) is 19.2 Å². The Morgan fingerprint density at radius 1 is 0.500 bits per heavy atom. The van der Waals surface area contributed by atoms with Crippen molar-refractivity contribution in [2.45, 2.75) is 173 Å². The number of unbranched alkanes of at least 4 members (excludes halogenated alkanes) is 17. The van der Waals surface area contributed by atoms with E-state index >= 15 is 0 Å². The maximum atomic E-state index is 12.3. The van der Waals surface area contributed by atoms with E-state index < -0.39 is 35.8 Å². The minimum atomic E-state index is -1.24. The predicted octanol–water partition coefficient (Wildman–Crippen LogP) is 5.56. The van der Waals surface area contributed by atoms with Gasteiger partial charge in [-0.05, 0) is 32.6 Å². The fraction of sp³-hybridized carbons (Fsp3) is 0.818. The zero-order chi connectivity index (χ0) is 33.0. The van der Waals surface area contributed by atoms with Gasteiger partial charge in [-0.25, -0.2) is 4.79 Å². The van der Waals surface area contributed by atoms with Gasteiger partial charge in [0.05, 0.1) is 0 Å². The van der Waals surface area contributed by atoms with Gasteiger partial charge in [-0.15, -0.1) is 0 Å². The van der Waals surface area contributed by atoms with Gasteiger partial charge in [0.2, 0.25) is 17.7 Å². The molecule has 0 heterocycles. The zero-order valence-electron chi connectivity index (χ0n) is 27.0. The van der Waals surface area contributed by atoms with Crippen molar-refractivity contribution in [3.8, 4) is 0 Å². The minimum Gasteiger partial charge on any atom is -0.481 e. The number of carboxylic acids is 2. The van der Waals surface area contributed by atoms with Crippen molar-refractivity contribution in [1.29, 1.82) is 0 Å². The Morgan fingerprint density at radius 3 is 1.20 bits per heavy atom. The van der Waals surface area contributed by atoms with Crippen LogP contribution < -0.4 is 16.4 Å². The lowest BCUT2D eigenvalue weighted by Gasteiger charge is -2.17. The van der Waals surface area contributed by atoms with E-state index in [1.165, 1.54) is 77.6 Å². The van der Waals surface area contributed by atoms with Crippen LogP contribution in [0.2, 0.25) is 0 Å². The number of carbonyl (C=O) groups is 6. The normalized spacial score (nSPS) is 12.3. The first-order chi connectivity index (χ1) is 21.0. The molecule has 0 aliphatic heterocycles. The Bertz CT molecular complexity index is 849. The Morgan fingerprint density at radius 2 is 0.841 bits per heavy atom. The number of nitrogens with one attached hydrogen (secondary N) is 2. The van der Waals surface area contributed by atoms with E-state index in [1.807, 2.05) is 0 Å². The number of ketones is 1. The van der Waals surface area contributed by atoms with E-state index in [-0.39, 0.29) is 43.8 Å². The molecule has 0 aliphatic carbocycles. The number of hydrogen-bond donors (Lipinski definition) is 5. The van der Waals surface area contributed by atoms with E-state index in [4.69, 9.17) is 10.8 Å². The van der Waals surface area contributed by atoms with E-state index in [0.29, 0.717) is 12.8 Å². The summed E-state index contributed by atoms with van der Waals surface area (Å²) in [6.45, 7) is 1.34. The third kappa shape index (κ3) is 26.6. The standard InChI is InChI=1S/C33H59N3O8/c1-26(37)22-23-28(33(43)44)36-30(39)25-24-27(32(34)42)35-29(38)20-18-16-14-12-10-8-6-4-2-3-5-7-9-11-13-15-17-19-21-31(40)41/h27-28H,2-25H2,1H3,(H2,34,42)(H,35,38)(H,36,39)(H,40,41)(H,43,44)/t27?,28-/m0/s1. The summed E-state index contributed by atoms with van der Waals surface area (Å²) >= 11 is 0. The lowest BCUT2D eigenvalue weighted by molar-refractivity contribution is -0.142. The number of rotatable bonds is 31. The summed E-state index contributed by atoms with van der Waals surface area (Å²) in [5.74, 6) is -3.76. The molecule has 0 aromatic carbocycles. The number of aliphatic carboxylic acids is 2. The molecular formula is C33H59N3O8. The van der Waals surface area contributed by atoms with Crippen molar-refractivity contribution < 1.29 is 39.0 Å². The average Bonchev–Trinajstić information content (AvgIpc) is 2.95. The van der Waals surface area contributed by atoms with Gasteiger partial charge in [0, 0.05) is 25.7 Å². The van der Waals surface area contributed by atoms with Gasteiger partial charge in [0.25, 0.3) is 0 Å². The molecule has 2 atom stereocenters. The molecular weight excluding hydrogens is 566 g/mol. The second kappa shape index (κ2) is 27.6. The summed E-state index contributed by atoms with van der Waals surface area (Å²) < 4.78 is 0. The molecule has 6 N–H and O–H groups in total. The lowest BCUT2D eigenvalue weighted by atomic mass is 10.0. The van der Waals surface area contributed by atoms with Gasteiger partial charge in [0.1, 0.15) is 17.9 Å². The lowest BCUT2D eigenvalue weighted by Crippen LogP contribution is -2.46. The largest absolute Gasteiger partial charge is 0.481 e. The third-order valence-corrected chi connectivity index (χ3v) is 7.80. The fourth-order valence-electron chi connectivity index (χ4n) is 5.09. The molecule has 44 heavy (non-hydrogen) atoms. The van der Waals surface area contributed by atoms with Crippen LogP contribution in [0.4, 0.5) is 0 Å². The van der Waals surface area contributed by atoms with Crippen LogP contribution >= 0.6 is 0 Å². The number of hydrogen-bond acceptors (Lipinski definition) is 6. The average molecular weight is 626 g/mol. The monoisotopic (exact) mass is 625 g/mol. The Kier molecular flexibility index (Phi) is 25.7. The summed E-state index contributed by atoms with van der Waals surface area (Å²) in [6, 6.07) is -2.21. The number of carboxylic acid groups (broad SMARTS) is 2. The second-order valence-electron chi connectivity index (χ2n) is 12.0. The third-order valence-electron chi connectivity index (χ3n) is 7.80. The zero-order valence-corrected chi connectivity index (χ0v) is 27.0. The van der Waals surface area contributed by atoms with Crippen molar-refractivity contribution >= 4 is 35.4 Å². The molecule has 3 amide bonds. The molecule has 254 valence electrons. The fourth-order valence-corrected chi connectivity index (χ4v) is 5.09. The molecule has 0 saturated heterocycles. The number of Topliss-reactive ketones (excluding diaryl/α,β-unsaturated/α-hetero) is 1. The summed E-state index contributed by atoms with van der Waals surface area (Å²) in [5, 5.41) is 22.8. The molecule has 0 fully saturated rings. The molecule has 11 heteroatoms. The Balaban J connectivity index is 3.74. The molecule has 0 radical (unpaired) electrons. The van der Waals surface area contributed by atoms with E-state index in [2.05, 4.69) is 10.6 Å². The van der Waals surface area contributed by atoms with Crippen LogP contribution in [0.1, 0.15) is 161 Å². The van der Waals surface area contributed by atoms with Gasteiger partial charge >= 0.3 is 11.9 Å². The molecule has 0 bridgehead atoms. The van der Waals surface area contributed by atoms with Crippen molar-refractivity contribution in [1.82, 2.24) is 10.6 Å². The quantitative estimate of drug-likeness (QED) is 0.0618. The van der Waals surface area contributed by atoms with E-state index in [0.717, 1.165) is 38.5 Å². The summed E-state index contributed by atoms with van der Waals surface area (Å²) in [7, 11) is 0. The van der Waals surface area contributed by atoms with Crippen LogP contribution in [-0.4, -0.2) is 57.7 Å². The Labute approximate surface area is 263 Å². The van der Waals surface area contributed by atoms with Gasteiger partial charge in [-0.2, -0.15) is 0 Å². The molecule has 0 spiro atoms. The van der Waals surface area contributed by atoms with Crippen LogP contribution in [0.3, 0.4) is 0 Å². The summed E-state index contributed by atoms with van der Waals surface area (Å²) in [5.41, 5.74) is 5.38. The highest BCUT2D eigenvalue weighted by atomic mass is 16.4. The summed E-state index contributed by atoms with van der Waals surface area (Å²) in [4.78, 5) is 69.0. The molecule has 0 aromatic heterocycles. The topological polar surface area (TPSA) is 193 Å². The van der Waals surface area contributed by atoms with E-state index in [1.54, 1.807) is 0 Å². The van der Waals surface area contributed by atoms with Gasteiger partial charge in [-0.1, -0.05) is 103 Å². The van der Waals surface area contributed by atoms with Crippen molar-refractivity contribution in [2.75, 3.05) is 0 Å². The molecule has 11 nitrogen and oxygen atoms in total. The predicted molar refractivity (Wildman–Crippen MR) is 170 cm³/mol. The van der Waals surface area contributed by atoms with Crippen LogP contribution in [0.25, 0.3) is 0 Å². The minimum absolute atomic E-state index is 0.0181. The van der Waals surface area contributed by atoms with Crippen LogP contribution in [0.5, 0.6) is 0 Å². The van der Waals surface area contributed by atoms with Crippen LogP contribution in [0.15, 0.2) is 0 Å². The maximum Gasteiger partial charge on any atom is 0.326 e. The first kappa shape index (κ1) is 41.0. The number of nitrogens with two attached hydrogens (primary N) is 1. The number of primary amides is 1. The second-order valence-corrected chi connectivity index (χ2v) is 12.0. The first-order valence-corrected chi connectivity index (χ1v) is 16.8. The highest BCUT2D eigenvalue weighted by molar-refractivity contribution is 5.88. The molecule has 0 aromatic rings. The smallest absolute Gasteiger partial charge is 0.326 e. The highest BCUT2D eigenvalue weighted by Crippen LogP contribution is 2.15. The molecule has 0 aliphatic rings. The highest BCUT2D eigenvalue weighted by Gasteiger charge is 2.23. The Hall–Kier alpha value is -2.98. The number of carbonyl (C=O) groups excluding carboxylic acids is 4. The van der Waals surface area contributed by atoms with Crippen LogP contribution in [-0.2, 0) is 28.8 Å². The number of amides is 3. The van der Waals surface area contributed by atoms with Crippen LogP contribution in [0, 0.1) is 0 Å². The van der Waals surface area contributed by atoms with Crippen molar-refractivity contribution in [2.24, 2.45) is 5.73 Å². The molecule has 1 unspecified atom stereocenters. The van der Waals surface area contributed by atoms with Gasteiger partial charge < -0.3 is 31.4 Å². The molecule has 0 saturated carbocycles. The SMILES string of the molecule is CC(=O)CC[C@H](NC(=O)CCC(NC(=O)CCCCCCCCCCCCCCCCCCCCC(=O)O)C(N)=O)C(=O)O. The van der Waals surface area contributed by atoms with Gasteiger partial charge in [0.15, 0.2) is 0 Å². The van der Waals surface area contributed by atoms with E-state index in [9.17, 15) is 33.9 Å². The molecule has 0 rings (SSSR count). The summed E-state index contributed by atoms with van der Waals surface area (Å²) in [6.07, 6.45) is 21.1. The van der Waals surface area contributed by atoms with Crippen molar-refractivity contribution in [3.63, 3.8) is 0 Å².